The van der Waals surface area contributed by atoms with E-state index in [1.165, 1.54) is 0 Å². The minimum absolute atomic E-state index is 0.0562. The summed E-state index contributed by atoms with van der Waals surface area (Å²) in [6.45, 7) is 18.1. The van der Waals surface area contributed by atoms with Gasteiger partial charge in [0.2, 0.25) is 5.91 Å². The van der Waals surface area contributed by atoms with Crippen molar-refractivity contribution in [2.24, 2.45) is 5.92 Å². The molecule has 1 aromatic heterocycles. The summed E-state index contributed by atoms with van der Waals surface area (Å²) in [6, 6.07) is 3.05. The molecule has 0 aliphatic carbocycles. The summed E-state index contributed by atoms with van der Waals surface area (Å²) in [5, 5.41) is 3.44. The lowest BCUT2D eigenvalue weighted by atomic mass is 9.96. The topological polar surface area (TPSA) is 64.6 Å². The molecule has 7 heteroatoms. The van der Waals surface area contributed by atoms with Gasteiger partial charge in [0, 0.05) is 57.4 Å². The number of piperidine rings is 1. The average molecular weight is 405 g/mol. The summed E-state index contributed by atoms with van der Waals surface area (Å²) in [5.74, 6) is 2.08. The van der Waals surface area contributed by atoms with Crippen LogP contribution in [0.3, 0.4) is 0 Å². The van der Waals surface area contributed by atoms with E-state index >= 15 is 0 Å². The van der Waals surface area contributed by atoms with Crippen molar-refractivity contribution in [2.75, 3.05) is 49.5 Å². The van der Waals surface area contributed by atoms with Crippen LogP contribution in [-0.4, -0.2) is 77.0 Å². The maximum absolute atomic E-state index is 12.8. The SMILES string of the molecule is CCN(CC)C(=O)C1CCCN(c2cc(NCCN(C(C)C)C(C)C)ncn2)C1. The van der Waals surface area contributed by atoms with Crippen LogP contribution in [0.25, 0.3) is 0 Å². The lowest BCUT2D eigenvalue weighted by molar-refractivity contribution is -0.135. The molecule has 1 amide bonds. The van der Waals surface area contributed by atoms with Crippen LogP contribution < -0.4 is 10.2 Å². The summed E-state index contributed by atoms with van der Waals surface area (Å²) >= 11 is 0. The predicted molar refractivity (Wildman–Crippen MR) is 120 cm³/mol. The Balaban J connectivity index is 1.97. The molecule has 0 saturated carbocycles. The third-order valence-electron chi connectivity index (χ3n) is 5.83. The molecule has 7 nitrogen and oxygen atoms in total. The van der Waals surface area contributed by atoms with E-state index < -0.39 is 0 Å². The van der Waals surface area contributed by atoms with Crippen molar-refractivity contribution in [3.05, 3.63) is 12.4 Å². The van der Waals surface area contributed by atoms with E-state index in [1.54, 1.807) is 6.33 Å². The van der Waals surface area contributed by atoms with Crippen molar-refractivity contribution in [3.63, 3.8) is 0 Å². The van der Waals surface area contributed by atoms with Crippen LogP contribution in [0.1, 0.15) is 54.4 Å². The van der Waals surface area contributed by atoms with Gasteiger partial charge in [-0.05, 0) is 54.4 Å². The molecule has 1 aliphatic heterocycles. The number of anilines is 2. The largest absolute Gasteiger partial charge is 0.369 e. The van der Waals surface area contributed by atoms with Crippen LogP contribution >= 0.6 is 0 Å². The number of carbonyl (C=O) groups is 1. The zero-order chi connectivity index (χ0) is 21.4. The normalized spacial score (nSPS) is 17.3. The van der Waals surface area contributed by atoms with E-state index in [4.69, 9.17) is 0 Å². The van der Waals surface area contributed by atoms with Gasteiger partial charge in [-0.2, -0.15) is 0 Å². The van der Waals surface area contributed by atoms with Gasteiger partial charge >= 0.3 is 0 Å². The van der Waals surface area contributed by atoms with E-state index in [1.807, 2.05) is 24.8 Å². The number of nitrogens with zero attached hydrogens (tertiary/aromatic N) is 5. The number of amides is 1. The second-order valence-corrected chi connectivity index (χ2v) is 8.41. The van der Waals surface area contributed by atoms with E-state index in [0.29, 0.717) is 12.1 Å². The van der Waals surface area contributed by atoms with Crippen molar-refractivity contribution in [1.82, 2.24) is 19.8 Å². The quantitative estimate of drug-likeness (QED) is 0.646. The van der Waals surface area contributed by atoms with Crippen molar-refractivity contribution in [3.8, 4) is 0 Å². The molecule has 164 valence electrons. The number of nitrogens with one attached hydrogen (secondary N) is 1. The number of hydrogen-bond donors (Lipinski definition) is 1. The Hall–Kier alpha value is -1.89. The fourth-order valence-electron chi connectivity index (χ4n) is 4.22. The summed E-state index contributed by atoms with van der Waals surface area (Å²) in [6.07, 6.45) is 3.60. The van der Waals surface area contributed by atoms with Crippen LogP contribution in [0, 0.1) is 5.92 Å². The lowest BCUT2D eigenvalue weighted by Crippen LogP contribution is -2.45. The van der Waals surface area contributed by atoms with Crippen molar-refractivity contribution < 1.29 is 4.79 Å². The van der Waals surface area contributed by atoms with Gasteiger partial charge in [0.25, 0.3) is 0 Å². The minimum atomic E-state index is 0.0562. The maximum atomic E-state index is 12.8. The summed E-state index contributed by atoms with van der Waals surface area (Å²) in [7, 11) is 0. The maximum Gasteiger partial charge on any atom is 0.227 e. The van der Waals surface area contributed by atoms with Crippen molar-refractivity contribution in [2.45, 2.75) is 66.5 Å². The van der Waals surface area contributed by atoms with E-state index in [-0.39, 0.29) is 11.8 Å². The van der Waals surface area contributed by atoms with Gasteiger partial charge in [-0.25, -0.2) is 9.97 Å². The first-order chi connectivity index (χ1) is 13.9. The Labute approximate surface area is 176 Å². The first-order valence-electron chi connectivity index (χ1n) is 11.2. The van der Waals surface area contributed by atoms with Crippen LogP contribution in [0.4, 0.5) is 11.6 Å². The van der Waals surface area contributed by atoms with Crippen molar-refractivity contribution >= 4 is 17.5 Å². The fourth-order valence-corrected chi connectivity index (χ4v) is 4.22. The molecule has 1 saturated heterocycles. The Kier molecular flexibility index (Phi) is 9.14. The molecule has 1 N–H and O–H groups in total. The molecule has 2 heterocycles. The molecule has 29 heavy (non-hydrogen) atoms. The zero-order valence-corrected chi connectivity index (χ0v) is 19.2. The number of hydrogen-bond acceptors (Lipinski definition) is 6. The highest BCUT2D eigenvalue weighted by Crippen LogP contribution is 2.24. The van der Waals surface area contributed by atoms with Gasteiger partial charge in [-0.1, -0.05) is 0 Å². The van der Waals surface area contributed by atoms with E-state index in [2.05, 4.69) is 52.8 Å². The minimum Gasteiger partial charge on any atom is -0.369 e. The predicted octanol–water partition coefficient (Wildman–Crippen LogP) is 3.09. The van der Waals surface area contributed by atoms with E-state index in [9.17, 15) is 4.79 Å². The number of carbonyl (C=O) groups excluding carboxylic acids is 1. The molecule has 1 fully saturated rings. The summed E-state index contributed by atoms with van der Waals surface area (Å²) in [5.41, 5.74) is 0. The highest BCUT2D eigenvalue weighted by Gasteiger charge is 2.29. The van der Waals surface area contributed by atoms with Crippen LogP contribution in [0.15, 0.2) is 12.4 Å². The Bertz CT molecular complexity index is 623. The molecule has 2 rings (SSSR count). The van der Waals surface area contributed by atoms with Crippen LogP contribution in [0.5, 0.6) is 0 Å². The molecular weight excluding hydrogens is 364 g/mol. The summed E-state index contributed by atoms with van der Waals surface area (Å²) < 4.78 is 0. The van der Waals surface area contributed by atoms with E-state index in [0.717, 1.165) is 63.7 Å². The van der Waals surface area contributed by atoms with Gasteiger partial charge in [0.1, 0.15) is 18.0 Å². The highest BCUT2D eigenvalue weighted by atomic mass is 16.2. The fraction of sp³-hybridized carbons (Fsp3) is 0.773. The Morgan fingerprint density at radius 3 is 2.52 bits per heavy atom. The molecular formula is C22H40N6O. The van der Waals surface area contributed by atoms with Crippen LogP contribution in [-0.2, 0) is 4.79 Å². The molecule has 0 spiro atoms. The third kappa shape index (κ3) is 6.56. The van der Waals surface area contributed by atoms with Gasteiger partial charge in [-0.3, -0.25) is 9.69 Å². The molecule has 0 radical (unpaired) electrons. The summed E-state index contributed by atoms with van der Waals surface area (Å²) in [4.78, 5) is 28.3. The van der Waals surface area contributed by atoms with Gasteiger partial charge in [-0.15, -0.1) is 0 Å². The van der Waals surface area contributed by atoms with Gasteiger partial charge in [0.05, 0.1) is 5.92 Å². The van der Waals surface area contributed by atoms with Crippen LogP contribution in [0.2, 0.25) is 0 Å². The second-order valence-electron chi connectivity index (χ2n) is 8.41. The Morgan fingerprint density at radius 1 is 1.21 bits per heavy atom. The second kappa shape index (κ2) is 11.3. The highest BCUT2D eigenvalue weighted by molar-refractivity contribution is 5.79. The van der Waals surface area contributed by atoms with Crippen molar-refractivity contribution in [1.29, 1.82) is 0 Å². The molecule has 1 aromatic rings. The molecule has 1 unspecified atom stereocenters. The smallest absolute Gasteiger partial charge is 0.227 e. The lowest BCUT2D eigenvalue weighted by Gasteiger charge is -2.35. The number of aromatic nitrogens is 2. The molecule has 1 aliphatic rings. The monoisotopic (exact) mass is 404 g/mol. The first-order valence-corrected chi connectivity index (χ1v) is 11.2. The number of rotatable bonds is 10. The standard InChI is InChI=1S/C22H40N6O/c1-7-26(8-2)22(29)19-10-9-12-27(15-19)21-14-20(24-16-25-21)23-11-13-28(17(3)4)18(5)6/h14,16-19H,7-13,15H2,1-6H3,(H,23,24,25). The molecule has 0 aromatic carbocycles. The Morgan fingerprint density at radius 2 is 1.90 bits per heavy atom. The average Bonchev–Trinajstić information content (AvgIpc) is 2.71. The molecule has 1 atom stereocenters. The zero-order valence-electron chi connectivity index (χ0n) is 19.2. The first kappa shape index (κ1) is 23.4. The molecule has 0 bridgehead atoms. The third-order valence-corrected chi connectivity index (χ3v) is 5.83. The van der Waals surface area contributed by atoms with Gasteiger partial charge in [0.15, 0.2) is 0 Å². The van der Waals surface area contributed by atoms with Gasteiger partial charge < -0.3 is 15.1 Å².